The molecule has 109 heavy (non-hydrogen) atoms. The molecule has 0 spiro atoms. The topological polar surface area (TPSA) is 299 Å². The fraction of sp³-hybridized carbons (Fsp3) is 0.241. The maximum atomic E-state index is 15.1. The van der Waals surface area contributed by atoms with E-state index in [0.717, 1.165) is 45.6 Å². The summed E-state index contributed by atoms with van der Waals surface area (Å²) in [6, 6.07) is 55.5. The highest BCUT2D eigenvalue weighted by molar-refractivity contribution is 6.31. The van der Waals surface area contributed by atoms with E-state index in [2.05, 4.69) is 80.7 Å². The molecule has 3 aromatic carbocycles. The predicted molar refractivity (Wildman–Crippen MR) is 408 cm³/mol. The number of ether oxygens (including phenoxy) is 1. The van der Waals surface area contributed by atoms with E-state index < -0.39 is 47.3 Å². The molecule has 558 valence electrons. The van der Waals surface area contributed by atoms with Crippen LogP contribution < -0.4 is 21.3 Å². The molecule has 1 unspecified atom stereocenters. The Kier molecular flexibility index (Phi) is 28.6. The lowest BCUT2D eigenvalue weighted by Crippen LogP contribution is -2.49. The van der Waals surface area contributed by atoms with Gasteiger partial charge in [-0.3, -0.25) is 78.6 Å². The first-order valence-corrected chi connectivity index (χ1v) is 36.0. The number of anilines is 1. The average Bonchev–Trinajstić information content (AvgIpc) is 0.812. The number of carbonyl (C=O) groups is 5. The van der Waals surface area contributed by atoms with Gasteiger partial charge in [0.2, 0.25) is 11.8 Å². The van der Waals surface area contributed by atoms with Crippen molar-refractivity contribution < 1.29 is 43.3 Å². The number of alkyl halides is 2. The van der Waals surface area contributed by atoms with E-state index >= 15 is 4.79 Å². The number of nitrogens with one attached hydrogen (secondary N) is 4. The lowest BCUT2D eigenvalue weighted by Gasteiger charge is -2.26. The third-order valence-electron chi connectivity index (χ3n) is 17.7. The molecule has 6 N–H and O–H groups in total. The van der Waals surface area contributed by atoms with E-state index in [0.29, 0.717) is 85.7 Å². The molecular weight excluding hydrogens is 1400 g/mol. The van der Waals surface area contributed by atoms with Crippen LogP contribution in [0.2, 0.25) is 0 Å². The summed E-state index contributed by atoms with van der Waals surface area (Å²) in [5, 5.41) is 36.1. The first kappa shape index (κ1) is 78.0. The molecular formula is C83H84ClFN16O8. The van der Waals surface area contributed by atoms with Crippen LogP contribution in [0, 0.1) is 0 Å². The van der Waals surface area contributed by atoms with Crippen molar-refractivity contribution in [2.24, 2.45) is 0 Å². The number of aromatic nitrogens is 8. The van der Waals surface area contributed by atoms with E-state index in [1.54, 1.807) is 61.7 Å². The summed E-state index contributed by atoms with van der Waals surface area (Å²) in [4.78, 5) is 116. The number of pyridine rings is 8. The number of amides is 4. The maximum Gasteiger partial charge on any atom is 0.328 e. The highest BCUT2D eigenvalue weighted by Crippen LogP contribution is 2.33. The van der Waals surface area contributed by atoms with Crippen LogP contribution in [0.25, 0.3) is 0 Å². The molecule has 4 amide bonds. The molecule has 3 atom stereocenters. The Morgan fingerprint density at radius 1 is 0.413 bits per heavy atom. The van der Waals surface area contributed by atoms with Crippen LogP contribution in [0.4, 0.5) is 10.1 Å². The summed E-state index contributed by atoms with van der Waals surface area (Å²) in [5.41, 5.74) is 6.99. The zero-order chi connectivity index (χ0) is 76.1. The Morgan fingerprint density at radius 2 is 0.734 bits per heavy atom. The molecule has 8 aromatic heterocycles. The smallest absolute Gasteiger partial charge is 0.328 e. The Labute approximate surface area is 636 Å². The number of phenols is 2. The van der Waals surface area contributed by atoms with Gasteiger partial charge in [0.05, 0.1) is 52.7 Å². The second-order valence-electron chi connectivity index (χ2n) is 26.2. The molecule has 0 saturated carbocycles. The number of benzene rings is 3. The third-order valence-corrected chi connectivity index (χ3v) is 17.9. The standard InChI is InChI=1S/C83H84ClFN16O8/c1-109-83(108)75(44-59-41-63(48-100(54-70-24-6-14-34-90-70)55-71-25-7-15-35-91-71)78(104)64(42-59)49-101(56-72-26-8-16-36-92-72)57-73-27-9-17-37-93-73)96-76(102)29-38-94-81(106)74(97-80(105)60-19-18-28-65(45-60)95-82(107)79(84)85)43-58-39-61(46-98(50-66-20-2-10-30-86-66)51-67-21-3-11-31-87-67)77(103)62(40-58)47-99(52-68-22-4-12-32-88-68)53-69-23-5-13-33-89-69/h2-28,30-37,39-42,45,74-75,79,103-104H,29,38,43-44,46-57H2,1H3,(H,94,106)(H,95,107)(H,96,102)(H,97,105)/t74-,75-,79?/m0/s1. The number of rotatable bonds is 38. The van der Waals surface area contributed by atoms with Crippen molar-refractivity contribution in [1.29, 1.82) is 0 Å². The van der Waals surface area contributed by atoms with Crippen molar-refractivity contribution >= 4 is 46.9 Å². The van der Waals surface area contributed by atoms with Gasteiger partial charge in [-0.05, 0) is 126 Å². The Hall–Kier alpha value is -12.1. The molecule has 0 aliphatic heterocycles. The van der Waals surface area contributed by atoms with Crippen LogP contribution in [0.3, 0.4) is 0 Å². The lowest BCUT2D eigenvalue weighted by molar-refractivity contribution is -0.145. The molecule has 0 saturated heterocycles. The number of hydrogen-bond donors (Lipinski definition) is 6. The Morgan fingerprint density at radius 3 is 1.03 bits per heavy atom. The molecule has 11 aromatic rings. The number of carbonyl (C=O) groups excluding carboxylic acids is 5. The van der Waals surface area contributed by atoms with Gasteiger partial charge in [0.1, 0.15) is 23.6 Å². The second-order valence-corrected chi connectivity index (χ2v) is 26.5. The van der Waals surface area contributed by atoms with E-state index in [4.69, 9.17) is 16.3 Å². The number of halogens is 2. The van der Waals surface area contributed by atoms with Gasteiger partial charge in [0, 0.05) is 187 Å². The van der Waals surface area contributed by atoms with Gasteiger partial charge in [0.15, 0.2) is 0 Å². The SMILES string of the molecule is COC(=O)[C@H](Cc1cc(CN(Cc2ccccn2)Cc2ccccn2)c(O)c(CN(Cc2ccccn2)Cc2ccccn2)c1)NC(=O)CCNC(=O)[C@H](Cc1cc(CN(Cc2ccccn2)Cc2ccccn2)c(O)c(CN(Cc2ccccn2)Cc2ccccn2)c1)NC(=O)c1cccc(NC(=O)C(F)Cl)c1. The van der Waals surface area contributed by atoms with Gasteiger partial charge < -0.3 is 36.2 Å². The Bertz CT molecular complexity index is 4350. The highest BCUT2D eigenvalue weighted by Gasteiger charge is 2.29. The van der Waals surface area contributed by atoms with Gasteiger partial charge in [0.25, 0.3) is 17.4 Å². The third kappa shape index (κ3) is 24.5. The first-order valence-electron chi connectivity index (χ1n) is 35.5. The van der Waals surface area contributed by atoms with Crippen molar-refractivity contribution in [2.75, 3.05) is 19.0 Å². The highest BCUT2D eigenvalue weighted by atomic mass is 35.5. The molecule has 8 heterocycles. The second kappa shape index (κ2) is 40.0. The van der Waals surface area contributed by atoms with Crippen molar-refractivity contribution in [1.82, 2.24) is 75.4 Å². The summed E-state index contributed by atoms with van der Waals surface area (Å²) in [5.74, 6) is -4.00. The van der Waals surface area contributed by atoms with E-state index in [9.17, 15) is 33.8 Å². The number of hydrogen-bond acceptors (Lipinski definition) is 20. The van der Waals surface area contributed by atoms with Crippen LogP contribution >= 0.6 is 11.6 Å². The van der Waals surface area contributed by atoms with E-state index in [1.165, 1.54) is 31.4 Å². The Balaban J connectivity index is 0.888. The van der Waals surface area contributed by atoms with Crippen LogP contribution in [0.15, 0.2) is 244 Å². The largest absolute Gasteiger partial charge is 0.507 e. The van der Waals surface area contributed by atoms with E-state index in [-0.39, 0.29) is 74.7 Å². The summed E-state index contributed by atoms with van der Waals surface area (Å²) >= 11 is 5.46. The number of nitrogens with zero attached hydrogens (tertiary/aromatic N) is 12. The summed E-state index contributed by atoms with van der Waals surface area (Å²) in [6.07, 6.45) is 13.1. The van der Waals surface area contributed by atoms with Crippen LogP contribution in [-0.2, 0) is 115 Å². The quantitative estimate of drug-likeness (QED) is 0.0155. The fourth-order valence-corrected chi connectivity index (χ4v) is 12.7. The average molecular weight is 1490 g/mol. The van der Waals surface area contributed by atoms with E-state index in [1.807, 2.05) is 158 Å². The zero-order valence-corrected chi connectivity index (χ0v) is 60.9. The maximum absolute atomic E-state index is 15.1. The zero-order valence-electron chi connectivity index (χ0n) is 60.1. The molecule has 24 nitrogen and oxygen atoms in total. The monoisotopic (exact) mass is 1490 g/mol. The van der Waals surface area contributed by atoms with Crippen LogP contribution in [0.1, 0.15) is 95.7 Å². The predicted octanol–water partition coefficient (Wildman–Crippen LogP) is 10.3. The number of phenolic OH excluding ortho intramolecular Hbond substituents is 2. The van der Waals surface area contributed by atoms with Crippen molar-refractivity contribution in [3.05, 3.63) is 328 Å². The van der Waals surface area contributed by atoms with Gasteiger partial charge in [-0.2, -0.15) is 0 Å². The summed E-state index contributed by atoms with van der Waals surface area (Å²) in [6.45, 7) is 3.43. The normalized spacial score (nSPS) is 12.1. The van der Waals surface area contributed by atoms with Crippen LogP contribution in [-0.4, -0.2) is 131 Å². The first-order chi connectivity index (χ1) is 53.1. The molecule has 0 bridgehead atoms. The van der Waals surface area contributed by atoms with Gasteiger partial charge in [-0.15, -0.1) is 0 Å². The molecule has 11 rings (SSSR count). The van der Waals surface area contributed by atoms with Crippen LogP contribution in [0.5, 0.6) is 11.5 Å². The van der Waals surface area contributed by atoms with Gasteiger partial charge in [-0.1, -0.05) is 90.5 Å². The van der Waals surface area contributed by atoms with Gasteiger partial charge in [-0.25, -0.2) is 9.18 Å². The van der Waals surface area contributed by atoms with Gasteiger partial charge >= 0.3 is 5.97 Å². The fourth-order valence-electron chi connectivity index (χ4n) is 12.7. The van der Waals surface area contributed by atoms with Crippen molar-refractivity contribution in [3.8, 4) is 11.5 Å². The summed E-state index contributed by atoms with van der Waals surface area (Å²) in [7, 11) is 1.22. The minimum atomic E-state index is -2.38. The molecule has 0 aliphatic carbocycles. The lowest BCUT2D eigenvalue weighted by atomic mass is 9.97. The minimum Gasteiger partial charge on any atom is -0.507 e. The molecule has 0 aliphatic rings. The summed E-state index contributed by atoms with van der Waals surface area (Å²) < 4.78 is 19.3. The molecule has 0 radical (unpaired) electrons. The number of aromatic hydroxyl groups is 2. The van der Waals surface area contributed by atoms with Crippen molar-refractivity contribution in [2.45, 2.75) is 116 Å². The molecule has 26 heteroatoms. The number of methoxy groups -OCH3 is 1. The van der Waals surface area contributed by atoms with Crippen molar-refractivity contribution in [3.63, 3.8) is 0 Å². The number of esters is 1. The molecule has 0 fully saturated rings. The minimum absolute atomic E-state index is 0.00859.